The quantitative estimate of drug-likeness (QED) is 0.667. The van der Waals surface area contributed by atoms with Gasteiger partial charge in [-0.25, -0.2) is 0 Å². The molecule has 8 nitrogen and oxygen atoms in total. The van der Waals surface area contributed by atoms with E-state index >= 15 is 0 Å². The normalized spacial score (nSPS) is 15.2. The van der Waals surface area contributed by atoms with Gasteiger partial charge < -0.3 is 20.6 Å². The van der Waals surface area contributed by atoms with Crippen LogP contribution >= 0.6 is 11.8 Å². The van der Waals surface area contributed by atoms with Crippen LogP contribution in [0.5, 0.6) is 0 Å². The first-order valence-corrected chi connectivity index (χ1v) is 8.98. The van der Waals surface area contributed by atoms with Crippen molar-refractivity contribution in [1.82, 2.24) is 10.2 Å². The van der Waals surface area contributed by atoms with Crippen LogP contribution in [0.3, 0.4) is 0 Å². The average molecular weight is 374 g/mol. The Kier molecular flexibility index (Phi) is 5.57. The molecule has 0 bridgehead atoms. The molecule has 0 aromatic heterocycles. The number of carbonyl (C=O) groups excluding carboxylic acids is 2. The number of amides is 2. The van der Waals surface area contributed by atoms with Gasteiger partial charge in [-0.15, -0.1) is 0 Å². The standard InChI is InChI=1S/C17H18N4O4S/c22-14(9-13-10-26-17-19-7-8-21(13)17)20-12-3-1-11(2-4-12)16(25)18-6-5-15(23)24/h1-4,10H,5-9H2,(H,18,25)(H,20,22)(H,23,24). The molecule has 2 heterocycles. The summed E-state index contributed by atoms with van der Waals surface area (Å²) in [7, 11) is 0. The van der Waals surface area contributed by atoms with E-state index in [9.17, 15) is 14.4 Å². The molecule has 26 heavy (non-hydrogen) atoms. The molecule has 2 aliphatic rings. The Bertz CT molecular complexity index is 788. The van der Waals surface area contributed by atoms with Crippen LogP contribution in [0, 0.1) is 0 Å². The molecule has 0 unspecified atom stereocenters. The van der Waals surface area contributed by atoms with Gasteiger partial charge >= 0.3 is 5.97 Å². The van der Waals surface area contributed by atoms with Crippen molar-refractivity contribution in [2.45, 2.75) is 12.8 Å². The first-order chi connectivity index (χ1) is 12.5. The minimum absolute atomic E-state index is 0.0710. The van der Waals surface area contributed by atoms with Gasteiger partial charge in [0.2, 0.25) is 5.91 Å². The van der Waals surface area contributed by atoms with Crippen LogP contribution in [0.15, 0.2) is 40.4 Å². The number of nitrogens with one attached hydrogen (secondary N) is 2. The van der Waals surface area contributed by atoms with E-state index in [1.807, 2.05) is 5.41 Å². The van der Waals surface area contributed by atoms with Crippen LogP contribution in [-0.2, 0) is 9.59 Å². The van der Waals surface area contributed by atoms with Gasteiger partial charge in [-0.3, -0.25) is 19.4 Å². The number of carboxylic acids is 1. The largest absolute Gasteiger partial charge is 0.481 e. The molecule has 3 rings (SSSR count). The molecular weight excluding hydrogens is 356 g/mol. The van der Waals surface area contributed by atoms with Crippen molar-refractivity contribution in [3.05, 3.63) is 40.9 Å². The van der Waals surface area contributed by atoms with E-state index in [0.717, 1.165) is 24.0 Å². The number of aliphatic carboxylic acids is 1. The summed E-state index contributed by atoms with van der Waals surface area (Å²) < 4.78 is 0. The van der Waals surface area contributed by atoms with Crippen molar-refractivity contribution in [3.63, 3.8) is 0 Å². The van der Waals surface area contributed by atoms with Crippen molar-refractivity contribution in [2.75, 3.05) is 25.0 Å². The number of rotatable bonds is 7. The highest BCUT2D eigenvalue weighted by atomic mass is 32.2. The summed E-state index contributed by atoms with van der Waals surface area (Å²) >= 11 is 1.54. The lowest BCUT2D eigenvalue weighted by Crippen LogP contribution is -2.26. The maximum absolute atomic E-state index is 12.2. The predicted octanol–water partition coefficient (Wildman–Crippen LogP) is 1.48. The lowest BCUT2D eigenvalue weighted by molar-refractivity contribution is -0.136. The molecule has 136 valence electrons. The molecule has 3 N–H and O–H groups in total. The molecule has 0 saturated carbocycles. The second-order valence-corrected chi connectivity index (χ2v) is 6.58. The van der Waals surface area contributed by atoms with Crippen molar-refractivity contribution in [1.29, 1.82) is 0 Å². The van der Waals surface area contributed by atoms with Gasteiger partial charge in [0.15, 0.2) is 5.17 Å². The first-order valence-electron chi connectivity index (χ1n) is 8.10. The van der Waals surface area contributed by atoms with Crippen LogP contribution in [0.4, 0.5) is 5.69 Å². The number of nitrogens with zero attached hydrogens (tertiary/aromatic N) is 2. The molecule has 0 radical (unpaired) electrons. The van der Waals surface area contributed by atoms with Gasteiger partial charge in [-0.1, -0.05) is 11.8 Å². The Morgan fingerprint density at radius 3 is 2.73 bits per heavy atom. The number of fused-ring (bicyclic) bond motifs is 1. The monoisotopic (exact) mass is 374 g/mol. The van der Waals surface area contributed by atoms with Gasteiger partial charge in [0, 0.05) is 30.0 Å². The zero-order valence-electron chi connectivity index (χ0n) is 13.9. The summed E-state index contributed by atoms with van der Waals surface area (Å²) in [6.07, 6.45) is 0.140. The number of hydrogen-bond donors (Lipinski definition) is 3. The summed E-state index contributed by atoms with van der Waals surface area (Å²) in [5.74, 6) is -1.45. The zero-order valence-corrected chi connectivity index (χ0v) is 14.7. The van der Waals surface area contributed by atoms with E-state index < -0.39 is 5.97 Å². The molecular formula is C17H18N4O4S. The smallest absolute Gasteiger partial charge is 0.305 e. The van der Waals surface area contributed by atoms with Gasteiger partial charge in [0.05, 0.1) is 19.4 Å². The zero-order chi connectivity index (χ0) is 18.5. The number of amidine groups is 1. The first kappa shape index (κ1) is 18.0. The number of aliphatic imine (C=N–C) groups is 1. The number of anilines is 1. The van der Waals surface area contributed by atoms with Gasteiger partial charge in [0.25, 0.3) is 5.91 Å². The number of thioether (sulfide) groups is 1. The average Bonchev–Trinajstić information content (AvgIpc) is 3.20. The van der Waals surface area contributed by atoms with Crippen LogP contribution in [0.25, 0.3) is 0 Å². The van der Waals surface area contributed by atoms with Crippen molar-refractivity contribution < 1.29 is 19.5 Å². The summed E-state index contributed by atoms with van der Waals surface area (Å²) in [4.78, 5) is 40.9. The van der Waals surface area contributed by atoms with E-state index in [1.54, 1.807) is 24.3 Å². The Morgan fingerprint density at radius 1 is 1.23 bits per heavy atom. The second-order valence-electron chi connectivity index (χ2n) is 5.74. The Hall–Kier alpha value is -2.81. The van der Waals surface area contributed by atoms with Crippen LogP contribution < -0.4 is 10.6 Å². The summed E-state index contributed by atoms with van der Waals surface area (Å²) in [6.45, 7) is 1.64. The third kappa shape index (κ3) is 4.42. The van der Waals surface area contributed by atoms with Crippen molar-refractivity contribution >= 4 is 40.4 Å². The SMILES string of the molecule is O=C(O)CCNC(=O)c1ccc(NC(=O)CC2=CSC3=NCCN23)cc1. The fraction of sp³-hybridized carbons (Fsp3) is 0.294. The second kappa shape index (κ2) is 8.05. The molecule has 9 heteroatoms. The Morgan fingerprint density at radius 2 is 2.00 bits per heavy atom. The van der Waals surface area contributed by atoms with Gasteiger partial charge in [-0.05, 0) is 29.7 Å². The van der Waals surface area contributed by atoms with E-state index in [0.29, 0.717) is 11.3 Å². The van der Waals surface area contributed by atoms with E-state index in [4.69, 9.17) is 5.11 Å². The molecule has 0 spiro atoms. The van der Waals surface area contributed by atoms with Crippen molar-refractivity contribution in [2.24, 2.45) is 4.99 Å². The molecule has 0 atom stereocenters. The minimum atomic E-state index is -0.966. The molecule has 0 aliphatic carbocycles. The lowest BCUT2D eigenvalue weighted by Gasteiger charge is -2.16. The highest BCUT2D eigenvalue weighted by Gasteiger charge is 2.27. The molecule has 2 aliphatic heterocycles. The highest BCUT2D eigenvalue weighted by Crippen LogP contribution is 2.30. The van der Waals surface area contributed by atoms with Gasteiger partial charge in [-0.2, -0.15) is 0 Å². The fourth-order valence-electron chi connectivity index (χ4n) is 2.58. The number of hydrogen-bond acceptors (Lipinski definition) is 6. The molecule has 1 aromatic carbocycles. The van der Waals surface area contributed by atoms with E-state index in [2.05, 4.69) is 20.5 Å². The summed E-state index contributed by atoms with van der Waals surface area (Å²) in [6, 6.07) is 6.46. The Labute approximate surface area is 154 Å². The van der Waals surface area contributed by atoms with E-state index in [1.165, 1.54) is 11.8 Å². The fourth-order valence-corrected chi connectivity index (χ4v) is 3.53. The van der Waals surface area contributed by atoms with Crippen LogP contribution in [0.2, 0.25) is 0 Å². The number of carboxylic acid groups (broad SMARTS) is 1. The van der Waals surface area contributed by atoms with Crippen LogP contribution in [-0.4, -0.2) is 52.6 Å². The summed E-state index contributed by atoms with van der Waals surface area (Å²) in [5, 5.41) is 16.8. The topological polar surface area (TPSA) is 111 Å². The van der Waals surface area contributed by atoms with Crippen molar-refractivity contribution in [3.8, 4) is 0 Å². The maximum Gasteiger partial charge on any atom is 0.305 e. The molecule has 0 fully saturated rings. The highest BCUT2D eigenvalue weighted by molar-refractivity contribution is 8.16. The predicted molar refractivity (Wildman–Crippen MR) is 99.0 cm³/mol. The summed E-state index contributed by atoms with van der Waals surface area (Å²) in [5.41, 5.74) is 1.94. The molecule has 0 saturated heterocycles. The minimum Gasteiger partial charge on any atom is -0.481 e. The van der Waals surface area contributed by atoms with Gasteiger partial charge in [0.1, 0.15) is 0 Å². The lowest BCUT2D eigenvalue weighted by atomic mass is 10.2. The van der Waals surface area contributed by atoms with Crippen LogP contribution in [0.1, 0.15) is 23.2 Å². The number of carbonyl (C=O) groups is 3. The number of benzene rings is 1. The molecule has 2 amide bonds. The third-order valence-corrected chi connectivity index (χ3v) is 4.80. The third-order valence-electron chi connectivity index (χ3n) is 3.85. The molecule has 1 aromatic rings. The van der Waals surface area contributed by atoms with E-state index in [-0.39, 0.29) is 31.2 Å². The Balaban J connectivity index is 1.49. The maximum atomic E-state index is 12.2.